The normalized spacial score (nSPS) is 11.1. The van der Waals surface area contributed by atoms with Gasteiger partial charge < -0.3 is 5.32 Å². The Hall–Kier alpha value is -4.52. The first-order chi connectivity index (χ1) is 16.1. The maximum Gasteiger partial charge on any atom is 0.247 e. The lowest BCUT2D eigenvalue weighted by molar-refractivity contribution is 1.10. The second-order valence-electron chi connectivity index (χ2n) is 7.52. The van der Waals surface area contributed by atoms with Gasteiger partial charge in [0.2, 0.25) is 5.95 Å². The Morgan fingerprint density at radius 3 is 1.88 bits per heavy atom. The molecule has 3 N–H and O–H groups in total. The van der Waals surface area contributed by atoms with Gasteiger partial charge in [-0.1, -0.05) is 77.9 Å². The number of hydrogen-bond acceptors (Lipinski definition) is 7. The van der Waals surface area contributed by atoms with Crippen LogP contribution >= 0.6 is 0 Å². The molecule has 0 aliphatic rings. The van der Waals surface area contributed by atoms with Gasteiger partial charge in [0, 0.05) is 11.8 Å². The quantitative estimate of drug-likeness (QED) is 0.243. The Balaban J connectivity index is 1.53. The first-order valence-electron chi connectivity index (χ1n) is 10.6. The summed E-state index contributed by atoms with van der Waals surface area (Å²) in [6.07, 6.45) is 3.49. The Morgan fingerprint density at radius 2 is 1.24 bits per heavy atom. The SMILES string of the molecule is Cc1cccc(C=NNc2cc(Nc3ccccc3)nc(NN=Cc3cccc(C)c3)n2)c1. The second kappa shape index (κ2) is 10.7. The van der Waals surface area contributed by atoms with Crippen LogP contribution in [0.25, 0.3) is 0 Å². The van der Waals surface area contributed by atoms with Crippen LogP contribution in [0.3, 0.4) is 0 Å². The molecule has 7 nitrogen and oxygen atoms in total. The number of nitrogens with zero attached hydrogens (tertiary/aromatic N) is 4. The molecule has 0 bridgehead atoms. The molecule has 0 saturated heterocycles. The largest absolute Gasteiger partial charge is 0.340 e. The van der Waals surface area contributed by atoms with E-state index in [0.717, 1.165) is 16.8 Å². The van der Waals surface area contributed by atoms with Gasteiger partial charge >= 0.3 is 0 Å². The van der Waals surface area contributed by atoms with Crippen LogP contribution < -0.4 is 16.2 Å². The zero-order valence-electron chi connectivity index (χ0n) is 18.5. The van der Waals surface area contributed by atoms with E-state index in [1.54, 1.807) is 18.5 Å². The van der Waals surface area contributed by atoms with Crippen molar-refractivity contribution in [3.63, 3.8) is 0 Å². The minimum Gasteiger partial charge on any atom is -0.340 e. The third-order valence-electron chi connectivity index (χ3n) is 4.63. The first-order valence-corrected chi connectivity index (χ1v) is 10.6. The Morgan fingerprint density at radius 1 is 0.636 bits per heavy atom. The maximum atomic E-state index is 4.52. The number of hydrogen-bond donors (Lipinski definition) is 3. The van der Waals surface area contributed by atoms with Gasteiger partial charge in [-0.25, -0.2) is 5.43 Å². The van der Waals surface area contributed by atoms with Crippen molar-refractivity contribution in [2.75, 3.05) is 16.2 Å². The van der Waals surface area contributed by atoms with Crippen molar-refractivity contribution in [2.45, 2.75) is 13.8 Å². The van der Waals surface area contributed by atoms with E-state index >= 15 is 0 Å². The summed E-state index contributed by atoms with van der Waals surface area (Å²) in [6.45, 7) is 4.09. The Kier molecular flexibility index (Phi) is 7.02. The summed E-state index contributed by atoms with van der Waals surface area (Å²) in [6, 6.07) is 27.8. The molecule has 0 aliphatic heterocycles. The monoisotopic (exact) mass is 435 g/mol. The summed E-state index contributed by atoms with van der Waals surface area (Å²) in [5, 5.41) is 11.9. The molecule has 33 heavy (non-hydrogen) atoms. The van der Waals surface area contributed by atoms with E-state index in [0.29, 0.717) is 17.6 Å². The van der Waals surface area contributed by atoms with Crippen LogP contribution in [0.2, 0.25) is 0 Å². The van der Waals surface area contributed by atoms with Crippen molar-refractivity contribution < 1.29 is 0 Å². The molecular weight excluding hydrogens is 410 g/mol. The molecule has 0 radical (unpaired) electrons. The van der Waals surface area contributed by atoms with Gasteiger partial charge in [-0.05, 0) is 37.1 Å². The molecule has 1 aromatic heterocycles. The number of anilines is 4. The lowest BCUT2D eigenvalue weighted by atomic mass is 10.2. The van der Waals surface area contributed by atoms with Crippen LogP contribution in [-0.2, 0) is 0 Å². The molecule has 0 aliphatic carbocycles. The highest BCUT2D eigenvalue weighted by molar-refractivity contribution is 5.81. The minimum absolute atomic E-state index is 0.341. The number of benzene rings is 3. The van der Waals surface area contributed by atoms with Crippen LogP contribution in [0.15, 0.2) is 95.1 Å². The van der Waals surface area contributed by atoms with E-state index in [1.165, 1.54) is 11.1 Å². The van der Waals surface area contributed by atoms with Crippen molar-refractivity contribution in [1.29, 1.82) is 0 Å². The smallest absolute Gasteiger partial charge is 0.247 e. The number of aromatic nitrogens is 2. The molecule has 4 rings (SSSR count). The van der Waals surface area contributed by atoms with Gasteiger partial charge in [-0.2, -0.15) is 20.2 Å². The molecule has 164 valence electrons. The Bertz CT molecular complexity index is 1190. The standard InChI is InChI=1S/C26H25N7/c1-19-8-6-10-21(14-19)17-27-32-25-16-24(29-23-12-4-3-5-13-23)30-26(31-25)33-28-18-22-11-7-9-20(2)15-22/h3-18H,1-2H3,(H3,29,30,31,32,33). The van der Waals surface area contributed by atoms with Crippen molar-refractivity contribution in [1.82, 2.24) is 9.97 Å². The predicted octanol–water partition coefficient (Wildman–Crippen LogP) is 5.73. The van der Waals surface area contributed by atoms with Crippen molar-refractivity contribution >= 4 is 35.7 Å². The van der Waals surface area contributed by atoms with E-state index in [4.69, 9.17) is 0 Å². The number of para-hydroxylation sites is 1. The fourth-order valence-corrected chi connectivity index (χ4v) is 3.13. The summed E-state index contributed by atoms with van der Waals surface area (Å²) in [4.78, 5) is 8.99. The van der Waals surface area contributed by atoms with E-state index in [9.17, 15) is 0 Å². The highest BCUT2D eigenvalue weighted by atomic mass is 15.4. The lowest BCUT2D eigenvalue weighted by Crippen LogP contribution is -2.04. The molecule has 0 unspecified atom stereocenters. The van der Waals surface area contributed by atoms with Crippen molar-refractivity contribution in [3.05, 3.63) is 107 Å². The molecule has 4 aromatic rings. The molecule has 0 atom stereocenters. The van der Waals surface area contributed by atoms with E-state index in [2.05, 4.69) is 42.4 Å². The molecule has 1 heterocycles. The zero-order valence-corrected chi connectivity index (χ0v) is 18.5. The summed E-state index contributed by atoms with van der Waals surface area (Å²) >= 11 is 0. The van der Waals surface area contributed by atoms with Gasteiger partial charge in [0.15, 0.2) is 5.82 Å². The average Bonchev–Trinajstić information content (AvgIpc) is 2.80. The molecule has 3 aromatic carbocycles. The summed E-state index contributed by atoms with van der Waals surface area (Å²) in [7, 11) is 0. The van der Waals surface area contributed by atoms with Crippen LogP contribution in [-0.4, -0.2) is 22.4 Å². The predicted molar refractivity (Wildman–Crippen MR) is 137 cm³/mol. The van der Waals surface area contributed by atoms with E-state index in [1.807, 2.05) is 86.6 Å². The Labute approximate surface area is 193 Å². The topological polar surface area (TPSA) is 86.6 Å². The van der Waals surface area contributed by atoms with E-state index < -0.39 is 0 Å². The van der Waals surface area contributed by atoms with E-state index in [-0.39, 0.29) is 0 Å². The zero-order chi connectivity index (χ0) is 22.9. The van der Waals surface area contributed by atoms with Gasteiger partial charge in [0.25, 0.3) is 0 Å². The van der Waals surface area contributed by atoms with Crippen LogP contribution in [0.1, 0.15) is 22.3 Å². The van der Waals surface area contributed by atoms with Gasteiger partial charge in [-0.3, -0.25) is 5.43 Å². The van der Waals surface area contributed by atoms with Crippen LogP contribution in [0.4, 0.5) is 23.3 Å². The lowest BCUT2D eigenvalue weighted by Gasteiger charge is -2.09. The average molecular weight is 436 g/mol. The third kappa shape index (κ3) is 6.73. The fourth-order valence-electron chi connectivity index (χ4n) is 3.13. The van der Waals surface area contributed by atoms with Crippen LogP contribution in [0, 0.1) is 13.8 Å². The summed E-state index contributed by atoms with van der Waals surface area (Å²) < 4.78 is 0. The van der Waals surface area contributed by atoms with Crippen molar-refractivity contribution in [2.24, 2.45) is 10.2 Å². The summed E-state index contributed by atoms with van der Waals surface area (Å²) in [5.41, 5.74) is 11.1. The molecule has 0 saturated carbocycles. The fraction of sp³-hybridized carbons (Fsp3) is 0.0769. The molecule has 0 spiro atoms. The minimum atomic E-state index is 0.341. The summed E-state index contributed by atoms with van der Waals surface area (Å²) in [5.74, 6) is 1.48. The molecule has 0 fully saturated rings. The van der Waals surface area contributed by atoms with Crippen molar-refractivity contribution in [3.8, 4) is 0 Å². The maximum absolute atomic E-state index is 4.52. The van der Waals surface area contributed by atoms with Crippen LogP contribution in [0.5, 0.6) is 0 Å². The molecular formula is C26H25N7. The number of aryl methyl sites for hydroxylation is 2. The second-order valence-corrected chi connectivity index (χ2v) is 7.52. The third-order valence-corrected chi connectivity index (χ3v) is 4.63. The number of hydrazone groups is 2. The number of rotatable bonds is 8. The highest BCUT2D eigenvalue weighted by Gasteiger charge is 2.05. The first kappa shape index (κ1) is 21.7. The van der Waals surface area contributed by atoms with Gasteiger partial charge in [0.05, 0.1) is 12.4 Å². The number of nitrogens with one attached hydrogen (secondary N) is 3. The van der Waals surface area contributed by atoms with Gasteiger partial charge in [-0.15, -0.1) is 0 Å². The molecule has 0 amide bonds. The van der Waals surface area contributed by atoms with Gasteiger partial charge in [0.1, 0.15) is 5.82 Å². The molecule has 7 heteroatoms. The highest BCUT2D eigenvalue weighted by Crippen LogP contribution is 2.19.